The number of sulfone groups is 1. The van der Waals surface area contributed by atoms with Crippen LogP contribution in [0.15, 0.2) is 54.3 Å². The van der Waals surface area contributed by atoms with E-state index >= 15 is 0 Å². The average Bonchev–Trinajstić information content (AvgIpc) is 3.00. The van der Waals surface area contributed by atoms with Gasteiger partial charge < -0.3 is 14.9 Å². The molecule has 0 bridgehead atoms. The van der Waals surface area contributed by atoms with E-state index in [1.54, 1.807) is 14.0 Å². The summed E-state index contributed by atoms with van der Waals surface area (Å²) < 4.78 is 76.2. The van der Waals surface area contributed by atoms with E-state index in [-0.39, 0.29) is 34.8 Å². The maximum absolute atomic E-state index is 14.4. The van der Waals surface area contributed by atoms with Crippen LogP contribution >= 0.6 is 0 Å². The molecule has 0 fully saturated rings. The first kappa shape index (κ1) is 46.6. The van der Waals surface area contributed by atoms with Crippen molar-refractivity contribution in [1.82, 2.24) is 0 Å². The van der Waals surface area contributed by atoms with Crippen LogP contribution in [-0.4, -0.2) is 32.6 Å². The minimum absolute atomic E-state index is 0.0838. The summed E-state index contributed by atoms with van der Waals surface area (Å²) in [6.07, 6.45) is 3.18. The molecule has 0 heterocycles. The Morgan fingerprint density at radius 1 is 0.976 bits per heavy atom. The fourth-order valence-corrected chi connectivity index (χ4v) is 4.42. The van der Waals surface area contributed by atoms with Gasteiger partial charge in [-0.2, -0.15) is 0 Å². The Bertz CT molecular complexity index is 1030. The molecule has 0 aliphatic rings. The second kappa shape index (κ2) is 27.4. The number of hydrogen-bond acceptors (Lipinski definition) is 5. The smallest absolute Gasteiger partial charge is 0.164 e. The molecular formula is C33H58F3NO4S. The number of benzene rings is 1. The molecular weight excluding hydrogens is 563 g/mol. The highest BCUT2D eigenvalue weighted by molar-refractivity contribution is 7.92. The maximum Gasteiger partial charge on any atom is 0.164 e. The van der Waals surface area contributed by atoms with Gasteiger partial charge in [0, 0.05) is 31.9 Å². The Morgan fingerprint density at radius 3 is 1.88 bits per heavy atom. The van der Waals surface area contributed by atoms with E-state index in [1.807, 2.05) is 55.4 Å². The standard InChI is InChI=1S/C24H32F3NO3S.C3H8O.3C2H6/c1-6-9-22(21(27)14-19(26)8-3)31-20-12-11-17(15-25)18(13-20)16-32(29,30)24(4,5)23(28)10-7-2;1-3-4-2;3*1-2/h8,11-14,28H,3,6-7,9-10,15-16H2,1-2,4-5H3;3H2,1-2H3;3*1-2H3/b19-14+,22-21-,28-23?;;;;. The van der Waals surface area contributed by atoms with Gasteiger partial charge in [-0.15, -0.1) is 0 Å². The molecule has 0 saturated carbocycles. The van der Waals surface area contributed by atoms with Gasteiger partial charge in [-0.3, -0.25) is 0 Å². The molecule has 0 aliphatic carbocycles. The molecule has 5 nitrogen and oxygen atoms in total. The van der Waals surface area contributed by atoms with Gasteiger partial charge >= 0.3 is 0 Å². The Labute approximate surface area is 255 Å². The van der Waals surface area contributed by atoms with Crippen LogP contribution in [0.2, 0.25) is 0 Å². The zero-order chi connectivity index (χ0) is 33.9. The van der Waals surface area contributed by atoms with Gasteiger partial charge in [0.25, 0.3) is 0 Å². The van der Waals surface area contributed by atoms with Gasteiger partial charge in [0.1, 0.15) is 28.8 Å². The van der Waals surface area contributed by atoms with Gasteiger partial charge in [-0.1, -0.05) is 74.5 Å². The third-order valence-corrected chi connectivity index (χ3v) is 7.90. The average molecular weight is 622 g/mol. The number of methoxy groups -OCH3 is 1. The largest absolute Gasteiger partial charge is 0.459 e. The van der Waals surface area contributed by atoms with Crippen LogP contribution in [0.5, 0.6) is 5.75 Å². The zero-order valence-electron chi connectivity index (χ0n) is 28.2. The summed E-state index contributed by atoms with van der Waals surface area (Å²) in [6, 6.07) is 4.14. The summed E-state index contributed by atoms with van der Waals surface area (Å²) in [6.45, 7) is 23.7. The van der Waals surface area contributed by atoms with Crippen molar-refractivity contribution in [3.63, 3.8) is 0 Å². The van der Waals surface area contributed by atoms with Crippen LogP contribution in [0, 0.1) is 5.41 Å². The topological polar surface area (TPSA) is 76.5 Å². The van der Waals surface area contributed by atoms with Crippen molar-refractivity contribution < 1.29 is 31.1 Å². The van der Waals surface area contributed by atoms with Crippen molar-refractivity contribution in [2.45, 2.75) is 119 Å². The predicted molar refractivity (Wildman–Crippen MR) is 175 cm³/mol. The van der Waals surface area contributed by atoms with Crippen LogP contribution in [0.4, 0.5) is 13.2 Å². The SMILES string of the molecule is C=C/C(F)=C\C(F)=C(/CCC)Oc1ccc(CF)c(CS(=O)(=O)C(C)(C)C(=N)CCC)c1.CC.CC.CC.CCOC. The number of allylic oxidation sites excluding steroid dienone is 5. The predicted octanol–water partition coefficient (Wildman–Crippen LogP) is 10.8. The van der Waals surface area contributed by atoms with E-state index in [4.69, 9.17) is 10.1 Å². The molecule has 0 spiro atoms. The number of ether oxygens (including phenoxy) is 2. The quantitative estimate of drug-likeness (QED) is 0.127. The second-order valence-electron chi connectivity index (χ2n) is 8.50. The van der Waals surface area contributed by atoms with Gasteiger partial charge in [-0.25, -0.2) is 21.6 Å². The van der Waals surface area contributed by atoms with Crippen molar-refractivity contribution in [2.24, 2.45) is 0 Å². The number of nitrogens with one attached hydrogen (secondary N) is 1. The molecule has 0 atom stereocenters. The lowest BCUT2D eigenvalue weighted by molar-refractivity contribution is 0.215. The van der Waals surface area contributed by atoms with E-state index in [2.05, 4.69) is 11.3 Å². The van der Waals surface area contributed by atoms with E-state index in [1.165, 1.54) is 32.0 Å². The number of alkyl halides is 1. The van der Waals surface area contributed by atoms with Gasteiger partial charge in [-0.05, 0) is 62.9 Å². The third-order valence-electron chi connectivity index (χ3n) is 5.40. The highest BCUT2D eigenvalue weighted by Gasteiger charge is 2.38. The highest BCUT2D eigenvalue weighted by Crippen LogP contribution is 2.30. The lowest BCUT2D eigenvalue weighted by Gasteiger charge is -2.26. The number of hydrogen-bond donors (Lipinski definition) is 1. The molecule has 0 amide bonds. The van der Waals surface area contributed by atoms with E-state index in [0.29, 0.717) is 25.3 Å². The fraction of sp³-hybridized carbons (Fsp3) is 0.606. The van der Waals surface area contributed by atoms with Crippen LogP contribution < -0.4 is 4.74 Å². The van der Waals surface area contributed by atoms with Gasteiger partial charge in [0.2, 0.25) is 0 Å². The molecule has 0 unspecified atom stereocenters. The summed E-state index contributed by atoms with van der Waals surface area (Å²) in [5.74, 6) is -2.29. The van der Waals surface area contributed by atoms with Crippen LogP contribution in [0.25, 0.3) is 0 Å². The van der Waals surface area contributed by atoms with E-state index < -0.39 is 38.7 Å². The van der Waals surface area contributed by atoms with E-state index in [9.17, 15) is 21.6 Å². The molecule has 1 aromatic carbocycles. The number of halogens is 3. The first-order valence-corrected chi connectivity index (χ1v) is 16.5. The summed E-state index contributed by atoms with van der Waals surface area (Å²) in [5, 5.41) is 8.14. The molecule has 9 heteroatoms. The monoisotopic (exact) mass is 621 g/mol. The van der Waals surface area contributed by atoms with Crippen molar-refractivity contribution in [1.29, 1.82) is 5.41 Å². The molecule has 1 N–H and O–H groups in total. The van der Waals surface area contributed by atoms with Crippen molar-refractivity contribution >= 4 is 15.5 Å². The molecule has 1 aromatic rings. The van der Waals surface area contributed by atoms with Crippen molar-refractivity contribution in [3.05, 3.63) is 65.5 Å². The van der Waals surface area contributed by atoms with E-state index in [0.717, 1.165) is 12.7 Å². The Hall–Kier alpha value is -2.39. The molecule has 0 aliphatic heterocycles. The Morgan fingerprint density at radius 2 is 1.48 bits per heavy atom. The summed E-state index contributed by atoms with van der Waals surface area (Å²) in [5.41, 5.74) is 0.421. The molecule has 0 saturated heterocycles. The van der Waals surface area contributed by atoms with Crippen LogP contribution in [0.3, 0.4) is 0 Å². The van der Waals surface area contributed by atoms with Crippen LogP contribution in [-0.2, 0) is 27.0 Å². The molecule has 246 valence electrons. The fourth-order valence-electron chi connectivity index (χ4n) is 2.90. The first-order valence-electron chi connectivity index (χ1n) is 14.9. The minimum atomic E-state index is -3.86. The lowest BCUT2D eigenvalue weighted by atomic mass is 10.0. The lowest BCUT2D eigenvalue weighted by Crippen LogP contribution is -2.41. The maximum atomic E-state index is 14.4. The normalized spacial score (nSPS) is 11.5. The highest BCUT2D eigenvalue weighted by atomic mass is 32.2. The Balaban J connectivity index is -0.000000637. The molecule has 42 heavy (non-hydrogen) atoms. The Kier molecular flexibility index (Phi) is 30.4. The molecule has 0 radical (unpaired) electrons. The van der Waals surface area contributed by atoms with Gasteiger partial charge in [0.15, 0.2) is 15.7 Å². The second-order valence-corrected chi connectivity index (χ2v) is 11.0. The first-order chi connectivity index (χ1) is 19.8. The third kappa shape index (κ3) is 17.5. The summed E-state index contributed by atoms with van der Waals surface area (Å²) in [4.78, 5) is 0. The summed E-state index contributed by atoms with van der Waals surface area (Å²) >= 11 is 0. The molecule has 0 aromatic heterocycles. The minimum Gasteiger partial charge on any atom is -0.459 e. The summed E-state index contributed by atoms with van der Waals surface area (Å²) in [7, 11) is -2.18. The zero-order valence-corrected chi connectivity index (χ0v) is 29.0. The van der Waals surface area contributed by atoms with Crippen molar-refractivity contribution in [3.8, 4) is 5.75 Å². The van der Waals surface area contributed by atoms with Crippen molar-refractivity contribution in [2.75, 3.05) is 13.7 Å². The number of rotatable bonds is 14. The van der Waals surface area contributed by atoms with Gasteiger partial charge in [0.05, 0.1) is 5.75 Å². The van der Waals surface area contributed by atoms with Crippen LogP contribution in [0.1, 0.15) is 113 Å². The molecule has 1 rings (SSSR count).